The van der Waals surface area contributed by atoms with E-state index in [4.69, 9.17) is 16.3 Å². The Morgan fingerprint density at radius 2 is 1.60 bits per heavy atom. The summed E-state index contributed by atoms with van der Waals surface area (Å²) >= 11 is 6.06. The molecule has 0 saturated heterocycles. The number of halogens is 2. The third kappa shape index (κ3) is 6.22. The van der Waals surface area contributed by atoms with Gasteiger partial charge in [0.05, 0.1) is 0 Å². The van der Waals surface area contributed by atoms with Gasteiger partial charge in [0, 0.05) is 19.0 Å². The van der Waals surface area contributed by atoms with Crippen LogP contribution in [0.1, 0.15) is 44.7 Å². The SMILES string of the molecule is CC(C)c1ccccc1OC(C)(C)N(CCCl)Cc1ccccc1.Cl. The summed E-state index contributed by atoms with van der Waals surface area (Å²) in [6.07, 6.45) is 0. The average Bonchev–Trinajstić information content (AvgIpc) is 2.55. The summed E-state index contributed by atoms with van der Waals surface area (Å²) in [5.74, 6) is 1.95. The van der Waals surface area contributed by atoms with E-state index in [1.54, 1.807) is 0 Å². The van der Waals surface area contributed by atoms with Gasteiger partial charge in [-0.25, -0.2) is 0 Å². The van der Waals surface area contributed by atoms with Crippen molar-refractivity contribution in [2.45, 2.75) is 45.9 Å². The third-order valence-electron chi connectivity index (χ3n) is 4.23. The fourth-order valence-electron chi connectivity index (χ4n) is 2.83. The van der Waals surface area contributed by atoms with Gasteiger partial charge in [-0.3, -0.25) is 4.90 Å². The summed E-state index contributed by atoms with van der Waals surface area (Å²) in [5.41, 5.74) is 2.04. The minimum absolute atomic E-state index is 0. The summed E-state index contributed by atoms with van der Waals surface area (Å²) in [4.78, 5) is 2.28. The van der Waals surface area contributed by atoms with Crippen LogP contribution in [0.3, 0.4) is 0 Å². The smallest absolute Gasteiger partial charge is 0.158 e. The van der Waals surface area contributed by atoms with E-state index in [0.717, 1.165) is 18.8 Å². The molecule has 0 heterocycles. The molecule has 138 valence electrons. The lowest BCUT2D eigenvalue weighted by molar-refractivity contribution is -0.0585. The minimum atomic E-state index is -0.449. The monoisotopic (exact) mass is 381 g/mol. The number of hydrogen-bond acceptors (Lipinski definition) is 2. The van der Waals surface area contributed by atoms with Gasteiger partial charge in [0.25, 0.3) is 0 Å². The van der Waals surface area contributed by atoms with Crippen LogP contribution in [0.25, 0.3) is 0 Å². The zero-order chi connectivity index (χ0) is 17.6. The maximum atomic E-state index is 6.45. The Hall–Kier alpha value is -1.22. The number of nitrogens with zero attached hydrogens (tertiary/aromatic N) is 1. The van der Waals surface area contributed by atoms with Crippen molar-refractivity contribution in [1.29, 1.82) is 0 Å². The Morgan fingerprint density at radius 1 is 1.00 bits per heavy atom. The summed E-state index contributed by atoms with van der Waals surface area (Å²) in [7, 11) is 0. The lowest BCUT2D eigenvalue weighted by atomic mass is 10.0. The molecular formula is C21H29Cl2NO. The second-order valence-corrected chi connectivity index (χ2v) is 7.22. The molecule has 0 spiro atoms. The molecule has 0 aliphatic rings. The molecule has 0 radical (unpaired) electrons. The maximum Gasteiger partial charge on any atom is 0.158 e. The Bertz CT molecular complexity index is 629. The quantitative estimate of drug-likeness (QED) is 0.405. The summed E-state index contributed by atoms with van der Waals surface area (Å²) in [6, 6.07) is 18.7. The summed E-state index contributed by atoms with van der Waals surface area (Å²) in [6.45, 7) is 10.2. The van der Waals surface area contributed by atoms with E-state index in [0.29, 0.717) is 11.8 Å². The van der Waals surface area contributed by atoms with Crippen LogP contribution >= 0.6 is 24.0 Å². The first-order valence-corrected chi connectivity index (χ1v) is 9.10. The van der Waals surface area contributed by atoms with Crippen molar-refractivity contribution in [3.8, 4) is 5.75 Å². The molecule has 0 atom stereocenters. The highest BCUT2D eigenvalue weighted by atomic mass is 35.5. The largest absolute Gasteiger partial charge is 0.473 e. The van der Waals surface area contributed by atoms with Crippen LogP contribution in [0.5, 0.6) is 5.75 Å². The Morgan fingerprint density at radius 3 is 2.20 bits per heavy atom. The van der Waals surface area contributed by atoms with Gasteiger partial charge in [-0.05, 0) is 37.0 Å². The van der Waals surface area contributed by atoms with Crippen molar-refractivity contribution in [2.75, 3.05) is 12.4 Å². The van der Waals surface area contributed by atoms with Crippen LogP contribution in [0, 0.1) is 0 Å². The van der Waals surface area contributed by atoms with Gasteiger partial charge < -0.3 is 4.74 Å². The molecular weight excluding hydrogens is 353 g/mol. The Labute approximate surface area is 163 Å². The topological polar surface area (TPSA) is 12.5 Å². The average molecular weight is 382 g/mol. The van der Waals surface area contributed by atoms with Crippen molar-refractivity contribution in [2.24, 2.45) is 0 Å². The molecule has 25 heavy (non-hydrogen) atoms. The predicted molar refractivity (Wildman–Crippen MR) is 110 cm³/mol. The minimum Gasteiger partial charge on any atom is -0.473 e. The zero-order valence-corrected chi connectivity index (χ0v) is 17.1. The third-order valence-corrected chi connectivity index (χ3v) is 4.40. The fourth-order valence-corrected chi connectivity index (χ4v) is 3.03. The van der Waals surface area contributed by atoms with Crippen molar-refractivity contribution in [3.05, 3.63) is 65.7 Å². The molecule has 2 aromatic rings. The molecule has 0 fully saturated rings. The van der Waals surface area contributed by atoms with Crippen LogP contribution < -0.4 is 4.74 Å². The molecule has 0 aliphatic carbocycles. The summed E-state index contributed by atoms with van der Waals surface area (Å²) < 4.78 is 6.45. The van der Waals surface area contributed by atoms with Gasteiger partial charge in [0.2, 0.25) is 0 Å². The number of ether oxygens (including phenoxy) is 1. The van der Waals surface area contributed by atoms with E-state index in [1.807, 2.05) is 12.1 Å². The molecule has 0 aliphatic heterocycles. The van der Waals surface area contributed by atoms with Gasteiger partial charge in [0.15, 0.2) is 5.72 Å². The standard InChI is InChI=1S/C21H28ClNO.ClH/c1-17(2)19-12-8-9-13-20(19)24-21(3,4)23(15-14-22)16-18-10-6-5-7-11-18;/h5-13,17H,14-16H2,1-4H3;1H. The van der Waals surface area contributed by atoms with E-state index in [1.165, 1.54) is 11.1 Å². The molecule has 2 aromatic carbocycles. The molecule has 0 aromatic heterocycles. The van der Waals surface area contributed by atoms with Gasteiger partial charge in [-0.2, -0.15) is 0 Å². The van der Waals surface area contributed by atoms with E-state index in [-0.39, 0.29) is 12.4 Å². The number of benzene rings is 2. The van der Waals surface area contributed by atoms with E-state index >= 15 is 0 Å². The number of rotatable bonds is 8. The van der Waals surface area contributed by atoms with Crippen molar-refractivity contribution < 1.29 is 4.74 Å². The molecule has 0 bridgehead atoms. The normalized spacial score (nSPS) is 11.5. The van der Waals surface area contributed by atoms with Crippen LogP contribution in [0.4, 0.5) is 0 Å². The molecule has 4 heteroatoms. The second kappa shape index (κ2) is 10.1. The number of para-hydroxylation sites is 1. The highest BCUT2D eigenvalue weighted by Gasteiger charge is 2.29. The van der Waals surface area contributed by atoms with E-state index in [2.05, 4.69) is 75.1 Å². The van der Waals surface area contributed by atoms with Crippen LogP contribution in [0.2, 0.25) is 0 Å². The van der Waals surface area contributed by atoms with Gasteiger partial charge in [-0.1, -0.05) is 62.4 Å². The first-order chi connectivity index (χ1) is 11.4. The van der Waals surface area contributed by atoms with Crippen molar-refractivity contribution in [3.63, 3.8) is 0 Å². The van der Waals surface area contributed by atoms with Crippen molar-refractivity contribution in [1.82, 2.24) is 4.90 Å². The maximum absolute atomic E-state index is 6.45. The predicted octanol–water partition coefficient (Wildman–Crippen LogP) is 6.09. The highest BCUT2D eigenvalue weighted by molar-refractivity contribution is 6.18. The van der Waals surface area contributed by atoms with Crippen LogP contribution in [-0.2, 0) is 6.54 Å². The molecule has 0 amide bonds. The first kappa shape index (κ1) is 21.8. The lowest BCUT2D eigenvalue weighted by Crippen LogP contribution is -2.49. The molecule has 0 unspecified atom stereocenters. The van der Waals surface area contributed by atoms with E-state index in [9.17, 15) is 0 Å². The van der Waals surface area contributed by atoms with Crippen LogP contribution in [-0.4, -0.2) is 23.0 Å². The molecule has 2 rings (SSSR count). The number of hydrogen-bond donors (Lipinski definition) is 0. The fraction of sp³-hybridized carbons (Fsp3) is 0.429. The lowest BCUT2D eigenvalue weighted by Gasteiger charge is -2.39. The number of alkyl halides is 1. The van der Waals surface area contributed by atoms with E-state index < -0.39 is 5.72 Å². The summed E-state index contributed by atoms with van der Waals surface area (Å²) in [5, 5.41) is 0. The Balaban J connectivity index is 0.00000312. The van der Waals surface area contributed by atoms with Crippen LogP contribution in [0.15, 0.2) is 54.6 Å². The molecule has 0 saturated carbocycles. The van der Waals surface area contributed by atoms with Gasteiger partial charge in [0.1, 0.15) is 5.75 Å². The highest BCUT2D eigenvalue weighted by Crippen LogP contribution is 2.30. The molecule has 0 N–H and O–H groups in total. The van der Waals surface area contributed by atoms with Gasteiger partial charge >= 0.3 is 0 Å². The van der Waals surface area contributed by atoms with Crippen molar-refractivity contribution >= 4 is 24.0 Å². The Kier molecular flexibility index (Phi) is 8.78. The molecule has 2 nitrogen and oxygen atoms in total. The zero-order valence-electron chi connectivity index (χ0n) is 15.5. The second-order valence-electron chi connectivity index (χ2n) is 6.84. The van der Waals surface area contributed by atoms with Gasteiger partial charge in [-0.15, -0.1) is 24.0 Å². The first-order valence-electron chi connectivity index (χ1n) is 8.57.